The molecule has 10 heavy (non-hydrogen) atoms. The molecule has 60 valence electrons. The lowest BCUT2D eigenvalue weighted by Gasteiger charge is -2.11. The molecule has 0 aromatic heterocycles. The summed E-state index contributed by atoms with van der Waals surface area (Å²) in [6.45, 7) is 6.96. The molecular formula is C8H17NO. The Labute approximate surface area is 63.3 Å². The molecule has 0 fully saturated rings. The number of hydrogen-bond donors (Lipinski definition) is 0. The smallest absolute Gasteiger partial charge is 0.185 e. The van der Waals surface area contributed by atoms with Crippen molar-refractivity contribution in [1.29, 1.82) is 0 Å². The van der Waals surface area contributed by atoms with Crippen LogP contribution in [0.4, 0.5) is 0 Å². The lowest BCUT2D eigenvalue weighted by Crippen LogP contribution is -2.14. The normalized spacial score (nSPS) is 15.0. The first-order chi connectivity index (χ1) is 4.76. The Balaban J connectivity index is 3.82. The Hall–Kier alpha value is -0.530. The monoisotopic (exact) mass is 143 g/mol. The maximum absolute atomic E-state index is 5.29. The highest BCUT2D eigenvalue weighted by Gasteiger charge is 2.06. The Morgan fingerprint density at radius 2 is 2.10 bits per heavy atom. The number of ether oxygens (including phenoxy) is 1. The van der Waals surface area contributed by atoms with Gasteiger partial charge in [0.05, 0.1) is 6.61 Å². The van der Waals surface area contributed by atoms with Gasteiger partial charge in [0, 0.05) is 13.0 Å². The Morgan fingerprint density at radius 3 is 2.40 bits per heavy atom. The lowest BCUT2D eigenvalue weighted by molar-refractivity contribution is 0.301. The van der Waals surface area contributed by atoms with Gasteiger partial charge in [0.1, 0.15) is 0 Å². The summed E-state index contributed by atoms with van der Waals surface area (Å²) in [6.07, 6.45) is 1.09. The molecule has 0 rings (SSSR count). The van der Waals surface area contributed by atoms with Crippen molar-refractivity contribution < 1.29 is 4.74 Å². The van der Waals surface area contributed by atoms with Crippen LogP contribution in [0.25, 0.3) is 0 Å². The summed E-state index contributed by atoms with van der Waals surface area (Å²) in [5.74, 6) is 1.34. The zero-order valence-corrected chi connectivity index (χ0v) is 7.35. The van der Waals surface area contributed by atoms with E-state index < -0.39 is 0 Å². The summed E-state index contributed by atoms with van der Waals surface area (Å²) < 4.78 is 5.29. The van der Waals surface area contributed by atoms with Gasteiger partial charge in [0.2, 0.25) is 0 Å². The van der Waals surface area contributed by atoms with Gasteiger partial charge in [-0.25, -0.2) is 0 Å². The Bertz CT molecular complexity index is 110. The molecule has 1 unspecified atom stereocenters. The molecule has 0 N–H and O–H groups in total. The third-order valence-electron chi connectivity index (χ3n) is 1.55. The van der Waals surface area contributed by atoms with Crippen LogP contribution in [0, 0.1) is 5.92 Å². The van der Waals surface area contributed by atoms with Crippen molar-refractivity contribution in [2.45, 2.75) is 27.2 Å². The van der Waals surface area contributed by atoms with Crippen LogP contribution in [0.1, 0.15) is 27.2 Å². The molecule has 0 aliphatic heterocycles. The highest BCUT2D eigenvalue weighted by atomic mass is 16.5. The second-order valence-electron chi connectivity index (χ2n) is 2.30. The van der Waals surface area contributed by atoms with Crippen molar-refractivity contribution in [2.24, 2.45) is 10.9 Å². The lowest BCUT2D eigenvalue weighted by atomic mass is 10.1. The zero-order chi connectivity index (χ0) is 7.98. The van der Waals surface area contributed by atoms with Crippen LogP contribution in [0.2, 0.25) is 0 Å². The van der Waals surface area contributed by atoms with Crippen LogP contribution in [-0.4, -0.2) is 19.6 Å². The van der Waals surface area contributed by atoms with E-state index in [1.54, 1.807) is 7.05 Å². The quantitative estimate of drug-likeness (QED) is 0.438. The summed E-state index contributed by atoms with van der Waals surface area (Å²) in [5.41, 5.74) is 0. The van der Waals surface area contributed by atoms with Crippen molar-refractivity contribution in [3.8, 4) is 0 Å². The number of nitrogens with zero attached hydrogens (tertiary/aromatic N) is 1. The van der Waals surface area contributed by atoms with Crippen LogP contribution in [-0.2, 0) is 4.74 Å². The van der Waals surface area contributed by atoms with E-state index in [1.165, 1.54) is 0 Å². The minimum atomic E-state index is 0.463. The molecule has 0 saturated heterocycles. The highest BCUT2D eigenvalue weighted by Crippen LogP contribution is 2.04. The predicted molar refractivity (Wildman–Crippen MR) is 44.4 cm³/mol. The van der Waals surface area contributed by atoms with Gasteiger partial charge in [-0.3, -0.25) is 4.99 Å². The number of rotatable bonds is 3. The first kappa shape index (κ1) is 9.47. The molecule has 1 atom stereocenters. The molecule has 2 nitrogen and oxygen atoms in total. The summed E-state index contributed by atoms with van der Waals surface area (Å²) in [7, 11) is 1.77. The van der Waals surface area contributed by atoms with E-state index in [1.807, 2.05) is 6.92 Å². The van der Waals surface area contributed by atoms with Gasteiger partial charge >= 0.3 is 0 Å². The van der Waals surface area contributed by atoms with Crippen LogP contribution >= 0.6 is 0 Å². The minimum absolute atomic E-state index is 0.463. The predicted octanol–water partition coefficient (Wildman–Crippen LogP) is 2.10. The van der Waals surface area contributed by atoms with Crippen LogP contribution in [0.15, 0.2) is 4.99 Å². The van der Waals surface area contributed by atoms with Gasteiger partial charge < -0.3 is 4.74 Å². The van der Waals surface area contributed by atoms with Crippen molar-refractivity contribution in [1.82, 2.24) is 0 Å². The van der Waals surface area contributed by atoms with Gasteiger partial charge in [-0.1, -0.05) is 13.8 Å². The molecule has 0 aromatic carbocycles. The van der Waals surface area contributed by atoms with Crippen LogP contribution < -0.4 is 0 Å². The fourth-order valence-electron chi connectivity index (χ4n) is 0.750. The minimum Gasteiger partial charge on any atom is -0.481 e. The second-order valence-corrected chi connectivity index (χ2v) is 2.30. The van der Waals surface area contributed by atoms with E-state index in [9.17, 15) is 0 Å². The van der Waals surface area contributed by atoms with E-state index in [0.29, 0.717) is 5.92 Å². The molecule has 0 spiro atoms. The largest absolute Gasteiger partial charge is 0.481 e. The first-order valence-electron chi connectivity index (χ1n) is 3.85. The number of aliphatic imine (C=N–C) groups is 1. The zero-order valence-electron chi connectivity index (χ0n) is 7.35. The average molecular weight is 143 g/mol. The molecule has 0 radical (unpaired) electrons. The first-order valence-corrected chi connectivity index (χ1v) is 3.85. The molecule has 0 bridgehead atoms. The van der Waals surface area contributed by atoms with Gasteiger partial charge in [-0.15, -0.1) is 0 Å². The maximum atomic E-state index is 5.29. The molecule has 0 amide bonds. The third kappa shape index (κ3) is 2.85. The third-order valence-corrected chi connectivity index (χ3v) is 1.55. The molecular weight excluding hydrogens is 126 g/mol. The second kappa shape index (κ2) is 5.27. The van der Waals surface area contributed by atoms with E-state index in [2.05, 4.69) is 18.8 Å². The van der Waals surface area contributed by atoms with Crippen molar-refractivity contribution >= 4 is 5.90 Å². The fraction of sp³-hybridized carbons (Fsp3) is 0.875. The molecule has 0 saturated carbocycles. The fourth-order valence-corrected chi connectivity index (χ4v) is 0.750. The molecule has 0 aliphatic rings. The van der Waals surface area contributed by atoms with E-state index >= 15 is 0 Å². The topological polar surface area (TPSA) is 21.6 Å². The van der Waals surface area contributed by atoms with E-state index in [0.717, 1.165) is 18.9 Å². The van der Waals surface area contributed by atoms with Crippen LogP contribution in [0.5, 0.6) is 0 Å². The maximum Gasteiger partial charge on any atom is 0.185 e. The average Bonchev–Trinajstić information content (AvgIpc) is 1.99. The highest BCUT2D eigenvalue weighted by molar-refractivity contribution is 5.78. The van der Waals surface area contributed by atoms with Gasteiger partial charge in [0.25, 0.3) is 0 Å². The van der Waals surface area contributed by atoms with Crippen LogP contribution in [0.3, 0.4) is 0 Å². The molecule has 0 aromatic rings. The standard InChI is InChI=1S/C8H17NO/c1-5-7(3)8(9-4)10-6-2/h7H,5-6H2,1-4H3. The van der Waals surface area contributed by atoms with Gasteiger partial charge in [-0.2, -0.15) is 0 Å². The van der Waals surface area contributed by atoms with E-state index in [-0.39, 0.29) is 0 Å². The summed E-state index contributed by atoms with van der Waals surface area (Å²) in [5, 5.41) is 0. The van der Waals surface area contributed by atoms with Gasteiger partial charge in [0.15, 0.2) is 5.90 Å². The van der Waals surface area contributed by atoms with Crippen molar-refractivity contribution in [3.63, 3.8) is 0 Å². The van der Waals surface area contributed by atoms with E-state index in [4.69, 9.17) is 4.74 Å². The Morgan fingerprint density at radius 1 is 1.50 bits per heavy atom. The Kier molecular flexibility index (Phi) is 4.99. The summed E-state index contributed by atoms with van der Waals surface area (Å²) >= 11 is 0. The van der Waals surface area contributed by atoms with Crippen molar-refractivity contribution in [3.05, 3.63) is 0 Å². The number of hydrogen-bond acceptors (Lipinski definition) is 2. The molecule has 2 heteroatoms. The SMILES string of the molecule is CCOC(=NC)C(C)CC. The van der Waals surface area contributed by atoms with Gasteiger partial charge in [-0.05, 0) is 13.3 Å². The summed E-state index contributed by atoms with van der Waals surface area (Å²) in [6, 6.07) is 0. The summed E-state index contributed by atoms with van der Waals surface area (Å²) in [4.78, 5) is 4.04. The van der Waals surface area contributed by atoms with Crippen molar-refractivity contribution in [2.75, 3.05) is 13.7 Å². The molecule has 0 heterocycles. The molecule has 0 aliphatic carbocycles.